The van der Waals surface area contributed by atoms with Gasteiger partial charge in [0.2, 0.25) is 0 Å². The summed E-state index contributed by atoms with van der Waals surface area (Å²) in [5, 5.41) is 21.2. The molecule has 1 aromatic carbocycles. The third-order valence-corrected chi connectivity index (χ3v) is 2.33. The molecule has 0 fully saturated rings. The summed E-state index contributed by atoms with van der Waals surface area (Å²) in [6.07, 6.45) is 3.05. The van der Waals surface area contributed by atoms with Gasteiger partial charge in [-0.25, -0.2) is 0 Å². The molecule has 0 saturated heterocycles. The van der Waals surface area contributed by atoms with Gasteiger partial charge in [-0.15, -0.1) is 0 Å². The first kappa shape index (κ1) is 18.4. The van der Waals surface area contributed by atoms with Crippen molar-refractivity contribution >= 4 is 11.3 Å². The van der Waals surface area contributed by atoms with Crippen molar-refractivity contribution in [1.82, 2.24) is 4.98 Å². The standard InChI is InChI=1S/C14H10N2O.C2H6.Na/c15-9-13(11-5-2-1-3-6-11)14(17)12-7-4-8-16-10-12;1-2;/h1-8,10,17H;1-2H3;/q;;+1/p-1/b14-13+;;. The molecule has 0 amide bonds. The molecule has 2 rings (SSSR count). The number of hydrogen-bond donors (Lipinski definition) is 0. The Bertz CT molecular complexity index is 574. The normalized spacial score (nSPS) is 10.1. The van der Waals surface area contributed by atoms with Gasteiger partial charge in [-0.05, 0) is 17.2 Å². The quantitative estimate of drug-likeness (QED) is 0.435. The van der Waals surface area contributed by atoms with Crippen molar-refractivity contribution in [3.05, 3.63) is 66.0 Å². The summed E-state index contributed by atoms with van der Waals surface area (Å²) in [4.78, 5) is 3.87. The second kappa shape index (κ2) is 10.2. The fourth-order valence-electron chi connectivity index (χ4n) is 1.49. The molecular formula is C16H15N2NaO. The van der Waals surface area contributed by atoms with Crippen molar-refractivity contribution in [2.45, 2.75) is 13.8 Å². The van der Waals surface area contributed by atoms with Gasteiger partial charge in [0.15, 0.2) is 0 Å². The van der Waals surface area contributed by atoms with Crippen LogP contribution in [0.25, 0.3) is 11.3 Å². The molecule has 20 heavy (non-hydrogen) atoms. The smallest absolute Gasteiger partial charge is 0.871 e. The van der Waals surface area contributed by atoms with E-state index in [2.05, 4.69) is 4.98 Å². The van der Waals surface area contributed by atoms with Crippen LogP contribution in [0, 0.1) is 11.3 Å². The predicted octanol–water partition coefficient (Wildman–Crippen LogP) is -0.136. The van der Waals surface area contributed by atoms with Gasteiger partial charge in [0.1, 0.15) is 0 Å². The molecule has 0 aliphatic rings. The van der Waals surface area contributed by atoms with E-state index in [-0.39, 0.29) is 40.9 Å². The number of nitriles is 1. The van der Waals surface area contributed by atoms with Gasteiger partial charge < -0.3 is 5.11 Å². The van der Waals surface area contributed by atoms with E-state index < -0.39 is 0 Å². The molecule has 1 heterocycles. The van der Waals surface area contributed by atoms with E-state index in [1.54, 1.807) is 42.6 Å². The Hall–Kier alpha value is -1.60. The SMILES string of the molecule is CC.N#C/C(=C(\[O-])c1cccnc1)c1ccccc1.[Na+]. The topological polar surface area (TPSA) is 59.7 Å². The molecule has 4 heteroatoms. The zero-order chi connectivity index (χ0) is 14.1. The van der Waals surface area contributed by atoms with Crippen molar-refractivity contribution in [2.75, 3.05) is 0 Å². The number of allylic oxidation sites excluding steroid dienone is 1. The van der Waals surface area contributed by atoms with Crippen LogP contribution in [0.15, 0.2) is 54.9 Å². The van der Waals surface area contributed by atoms with Crippen LogP contribution in [-0.4, -0.2) is 4.98 Å². The number of pyridine rings is 1. The molecule has 0 saturated carbocycles. The van der Waals surface area contributed by atoms with Crippen molar-refractivity contribution < 1.29 is 34.7 Å². The molecular weight excluding hydrogens is 259 g/mol. The van der Waals surface area contributed by atoms with Crippen LogP contribution in [0.1, 0.15) is 25.0 Å². The Kier molecular flexibility index (Phi) is 9.40. The van der Waals surface area contributed by atoms with Crippen molar-refractivity contribution in [3.63, 3.8) is 0 Å². The van der Waals surface area contributed by atoms with Gasteiger partial charge >= 0.3 is 29.6 Å². The summed E-state index contributed by atoms with van der Waals surface area (Å²) in [6.45, 7) is 4.00. The maximum Gasteiger partial charge on any atom is 1.00 e. The monoisotopic (exact) mass is 274 g/mol. The van der Waals surface area contributed by atoms with Crippen molar-refractivity contribution in [2.24, 2.45) is 0 Å². The molecule has 1 aromatic heterocycles. The number of benzene rings is 1. The summed E-state index contributed by atoms with van der Waals surface area (Å²) < 4.78 is 0. The predicted molar refractivity (Wildman–Crippen MR) is 74.5 cm³/mol. The molecule has 3 nitrogen and oxygen atoms in total. The number of hydrogen-bond acceptors (Lipinski definition) is 3. The van der Waals surface area contributed by atoms with Gasteiger partial charge in [-0.3, -0.25) is 4.98 Å². The Labute approximate surface area is 141 Å². The molecule has 0 aliphatic heterocycles. The molecule has 0 bridgehead atoms. The first-order valence-electron chi connectivity index (χ1n) is 6.10. The minimum Gasteiger partial charge on any atom is -0.871 e. The van der Waals surface area contributed by atoms with Gasteiger partial charge in [0, 0.05) is 12.4 Å². The van der Waals surface area contributed by atoms with Crippen molar-refractivity contribution in [3.8, 4) is 6.07 Å². The van der Waals surface area contributed by atoms with Gasteiger partial charge in [0.25, 0.3) is 0 Å². The molecule has 0 aliphatic carbocycles. The Balaban J connectivity index is 0.00000115. The number of aromatic nitrogens is 1. The molecule has 0 N–H and O–H groups in total. The van der Waals surface area contributed by atoms with Crippen LogP contribution < -0.4 is 34.7 Å². The van der Waals surface area contributed by atoms with E-state index in [4.69, 9.17) is 5.26 Å². The molecule has 96 valence electrons. The van der Waals surface area contributed by atoms with Gasteiger partial charge in [0.05, 0.1) is 11.6 Å². The summed E-state index contributed by atoms with van der Waals surface area (Å²) >= 11 is 0. The van der Waals surface area contributed by atoms with E-state index >= 15 is 0 Å². The number of rotatable bonds is 2. The van der Waals surface area contributed by atoms with Gasteiger partial charge in [-0.1, -0.05) is 56.0 Å². The minimum absolute atomic E-state index is 0. The summed E-state index contributed by atoms with van der Waals surface area (Å²) in [5.41, 5.74) is 1.19. The second-order valence-electron chi connectivity index (χ2n) is 3.42. The Morgan fingerprint density at radius 2 is 1.65 bits per heavy atom. The Morgan fingerprint density at radius 3 is 2.15 bits per heavy atom. The minimum atomic E-state index is -0.299. The van der Waals surface area contributed by atoms with E-state index in [1.165, 1.54) is 6.20 Å². The van der Waals surface area contributed by atoms with E-state index in [1.807, 2.05) is 26.0 Å². The second-order valence-corrected chi connectivity index (χ2v) is 3.42. The Morgan fingerprint density at radius 1 is 1.05 bits per heavy atom. The van der Waals surface area contributed by atoms with E-state index in [9.17, 15) is 5.11 Å². The maximum atomic E-state index is 12.1. The largest absolute Gasteiger partial charge is 1.00 e. The third-order valence-electron chi connectivity index (χ3n) is 2.33. The molecule has 2 aromatic rings. The first-order chi connectivity index (χ1) is 9.33. The summed E-state index contributed by atoms with van der Waals surface area (Å²) in [5.74, 6) is -0.299. The fourth-order valence-corrected chi connectivity index (χ4v) is 1.49. The number of nitrogens with zero attached hydrogens (tertiary/aromatic N) is 2. The molecule has 0 spiro atoms. The van der Waals surface area contributed by atoms with Crippen LogP contribution in [0.5, 0.6) is 0 Å². The summed E-state index contributed by atoms with van der Waals surface area (Å²) in [7, 11) is 0. The van der Waals surface area contributed by atoms with Crippen LogP contribution in [-0.2, 0) is 0 Å². The molecule has 0 atom stereocenters. The zero-order valence-corrected chi connectivity index (χ0v) is 14.0. The zero-order valence-electron chi connectivity index (χ0n) is 12.0. The summed E-state index contributed by atoms with van der Waals surface area (Å²) in [6, 6.07) is 14.2. The maximum absolute atomic E-state index is 12.1. The van der Waals surface area contributed by atoms with Crippen LogP contribution in [0.4, 0.5) is 0 Å². The van der Waals surface area contributed by atoms with Crippen LogP contribution in [0.2, 0.25) is 0 Å². The van der Waals surface area contributed by atoms with Crippen LogP contribution >= 0.6 is 0 Å². The van der Waals surface area contributed by atoms with Crippen LogP contribution in [0.3, 0.4) is 0 Å². The third kappa shape index (κ3) is 4.82. The fraction of sp³-hybridized carbons (Fsp3) is 0.125. The van der Waals surface area contributed by atoms with Gasteiger partial charge in [-0.2, -0.15) is 5.26 Å². The van der Waals surface area contributed by atoms with Crippen molar-refractivity contribution in [1.29, 1.82) is 5.26 Å². The van der Waals surface area contributed by atoms with E-state index in [0.29, 0.717) is 11.1 Å². The molecule has 0 unspecified atom stereocenters. The molecule has 0 radical (unpaired) electrons. The average molecular weight is 274 g/mol. The van der Waals surface area contributed by atoms with E-state index in [0.717, 1.165) is 0 Å². The first-order valence-corrected chi connectivity index (χ1v) is 6.10. The average Bonchev–Trinajstić information content (AvgIpc) is 2.52.